The zero-order valence-corrected chi connectivity index (χ0v) is 14.4. The molecule has 3 nitrogen and oxygen atoms in total. The maximum Gasteiger partial charge on any atom is 0.282 e. The highest BCUT2D eigenvalue weighted by Crippen LogP contribution is 2.22. The summed E-state index contributed by atoms with van der Waals surface area (Å²) in [5.74, 6) is -0.614. The number of rotatable bonds is 5. The number of likely N-dealkylation sites (N-methyl/N-ethyl adjacent to an activating group) is 1. The molecule has 6 heteroatoms. The van der Waals surface area contributed by atoms with Crippen molar-refractivity contribution in [2.45, 2.75) is 19.5 Å². The first-order valence-corrected chi connectivity index (χ1v) is 7.95. The van der Waals surface area contributed by atoms with Gasteiger partial charge in [0.15, 0.2) is 6.04 Å². The maximum atomic E-state index is 13.0. The summed E-state index contributed by atoms with van der Waals surface area (Å²) in [5, 5.41) is 3.60. The number of benzene rings is 2. The number of carbonyl (C=O) groups is 1. The molecule has 0 fully saturated rings. The highest BCUT2D eigenvalue weighted by Gasteiger charge is 2.22. The zero-order chi connectivity index (χ0) is 17.0. The fourth-order valence-electron chi connectivity index (χ4n) is 2.13. The maximum absolute atomic E-state index is 13.0. The van der Waals surface area contributed by atoms with E-state index in [1.165, 1.54) is 18.2 Å². The van der Waals surface area contributed by atoms with Gasteiger partial charge in [0.2, 0.25) is 0 Å². The van der Waals surface area contributed by atoms with Crippen LogP contribution < -0.4 is 10.2 Å². The molecule has 2 atom stereocenters. The molecule has 23 heavy (non-hydrogen) atoms. The molecule has 2 N–H and O–H groups in total. The van der Waals surface area contributed by atoms with Crippen LogP contribution in [-0.2, 0) is 11.3 Å². The number of anilines is 1. The van der Waals surface area contributed by atoms with Crippen LogP contribution in [0.25, 0.3) is 0 Å². The van der Waals surface area contributed by atoms with E-state index in [1.54, 1.807) is 0 Å². The van der Waals surface area contributed by atoms with Gasteiger partial charge >= 0.3 is 0 Å². The van der Waals surface area contributed by atoms with Gasteiger partial charge in [0.05, 0.1) is 17.8 Å². The van der Waals surface area contributed by atoms with Crippen LogP contribution >= 0.6 is 23.2 Å². The Bertz CT molecular complexity index is 691. The number of hydrogen-bond donors (Lipinski definition) is 2. The predicted molar refractivity (Wildman–Crippen MR) is 91.5 cm³/mol. The number of amides is 1. The van der Waals surface area contributed by atoms with Crippen molar-refractivity contribution in [2.24, 2.45) is 0 Å². The van der Waals surface area contributed by atoms with Crippen LogP contribution in [0.4, 0.5) is 10.1 Å². The molecule has 2 rings (SSSR count). The fourth-order valence-corrected chi connectivity index (χ4v) is 2.47. The SMILES string of the molecule is C[C@H](C(=O)Nc1ccc(F)cc1Cl)[NH+](C)Cc1ccc(Cl)cc1. The number of carbonyl (C=O) groups excluding carboxylic acids is 1. The minimum atomic E-state index is -0.438. The summed E-state index contributed by atoms with van der Waals surface area (Å²) in [6.45, 7) is 2.51. The molecule has 0 bridgehead atoms. The number of hydrogen-bond acceptors (Lipinski definition) is 1. The minimum Gasteiger partial charge on any atom is -0.324 e. The largest absolute Gasteiger partial charge is 0.324 e. The van der Waals surface area contributed by atoms with E-state index in [0.717, 1.165) is 10.5 Å². The van der Waals surface area contributed by atoms with Crippen molar-refractivity contribution in [3.63, 3.8) is 0 Å². The third-order valence-corrected chi connectivity index (χ3v) is 4.28. The molecule has 0 spiro atoms. The number of quaternary nitrogens is 1. The van der Waals surface area contributed by atoms with E-state index in [1.807, 2.05) is 38.2 Å². The summed E-state index contributed by atoms with van der Waals surface area (Å²) in [7, 11) is 1.94. The number of halogens is 3. The smallest absolute Gasteiger partial charge is 0.282 e. The molecular formula is C17H18Cl2FN2O+. The molecule has 2 aromatic rings. The lowest BCUT2D eigenvalue weighted by Crippen LogP contribution is -3.12. The Labute approximate surface area is 145 Å². The van der Waals surface area contributed by atoms with E-state index in [9.17, 15) is 9.18 Å². The molecule has 0 saturated heterocycles. The van der Waals surface area contributed by atoms with Gasteiger partial charge in [-0.3, -0.25) is 4.79 Å². The Morgan fingerprint density at radius 1 is 1.22 bits per heavy atom. The van der Waals surface area contributed by atoms with E-state index in [0.29, 0.717) is 17.3 Å². The van der Waals surface area contributed by atoms with Gasteiger partial charge in [0.25, 0.3) is 5.91 Å². The van der Waals surface area contributed by atoms with Crippen molar-refractivity contribution in [3.05, 3.63) is 63.9 Å². The summed E-state index contributed by atoms with van der Waals surface area (Å²) in [6, 6.07) is 11.1. The first-order valence-electron chi connectivity index (χ1n) is 7.19. The molecule has 1 unspecified atom stereocenters. The van der Waals surface area contributed by atoms with Gasteiger partial charge in [-0.15, -0.1) is 0 Å². The average Bonchev–Trinajstić information content (AvgIpc) is 2.51. The number of nitrogens with one attached hydrogen (secondary N) is 2. The molecule has 122 valence electrons. The highest BCUT2D eigenvalue weighted by molar-refractivity contribution is 6.33. The molecule has 0 aliphatic carbocycles. The van der Waals surface area contributed by atoms with Gasteiger partial charge in [0.1, 0.15) is 12.4 Å². The van der Waals surface area contributed by atoms with Crippen LogP contribution in [-0.4, -0.2) is 19.0 Å². The summed E-state index contributed by atoms with van der Waals surface area (Å²) in [6.07, 6.45) is 0. The van der Waals surface area contributed by atoms with Crippen molar-refractivity contribution < 1.29 is 14.1 Å². The van der Waals surface area contributed by atoms with Crippen molar-refractivity contribution in [3.8, 4) is 0 Å². The topological polar surface area (TPSA) is 33.5 Å². The van der Waals surface area contributed by atoms with Crippen LogP contribution in [0.1, 0.15) is 12.5 Å². The van der Waals surface area contributed by atoms with E-state index in [-0.39, 0.29) is 17.0 Å². The van der Waals surface area contributed by atoms with Crippen molar-refractivity contribution in [1.82, 2.24) is 0 Å². The van der Waals surface area contributed by atoms with Crippen LogP contribution in [0.3, 0.4) is 0 Å². The van der Waals surface area contributed by atoms with Crippen molar-refractivity contribution >= 4 is 34.8 Å². The lowest BCUT2D eigenvalue weighted by Gasteiger charge is -2.21. The molecule has 1 amide bonds. The first kappa shape index (κ1) is 17.7. The molecule has 0 aliphatic rings. The van der Waals surface area contributed by atoms with Crippen LogP contribution in [0.15, 0.2) is 42.5 Å². The van der Waals surface area contributed by atoms with Crippen LogP contribution in [0.5, 0.6) is 0 Å². The Kier molecular flexibility index (Phi) is 5.99. The van der Waals surface area contributed by atoms with Crippen LogP contribution in [0, 0.1) is 5.82 Å². The van der Waals surface area contributed by atoms with E-state index >= 15 is 0 Å². The molecule has 0 radical (unpaired) electrons. The zero-order valence-electron chi connectivity index (χ0n) is 12.9. The van der Waals surface area contributed by atoms with Crippen molar-refractivity contribution in [1.29, 1.82) is 0 Å². The van der Waals surface area contributed by atoms with E-state index in [2.05, 4.69) is 5.32 Å². The van der Waals surface area contributed by atoms with E-state index in [4.69, 9.17) is 23.2 Å². The van der Waals surface area contributed by atoms with Crippen LogP contribution in [0.2, 0.25) is 10.0 Å². The Morgan fingerprint density at radius 3 is 2.48 bits per heavy atom. The van der Waals surface area contributed by atoms with Gasteiger partial charge in [-0.25, -0.2) is 4.39 Å². The second-order valence-corrected chi connectivity index (χ2v) is 6.33. The third-order valence-electron chi connectivity index (χ3n) is 3.72. The monoisotopic (exact) mass is 355 g/mol. The molecule has 0 saturated carbocycles. The second kappa shape index (κ2) is 7.77. The standard InChI is InChI=1S/C17H17Cl2FN2O/c1-11(22(2)10-12-3-5-13(18)6-4-12)17(23)21-16-8-7-14(20)9-15(16)19/h3-9,11H,10H2,1-2H3,(H,21,23)/p+1/t11-/m1/s1. The molecular weight excluding hydrogens is 338 g/mol. The fraction of sp³-hybridized carbons (Fsp3) is 0.235. The summed E-state index contributed by atoms with van der Waals surface area (Å²) in [4.78, 5) is 13.3. The molecule has 2 aromatic carbocycles. The van der Waals surface area contributed by atoms with Crippen molar-refractivity contribution in [2.75, 3.05) is 12.4 Å². The van der Waals surface area contributed by atoms with Gasteiger partial charge in [-0.1, -0.05) is 35.3 Å². The minimum absolute atomic E-state index is 0.176. The van der Waals surface area contributed by atoms with Gasteiger partial charge < -0.3 is 10.2 Å². The Morgan fingerprint density at radius 2 is 1.87 bits per heavy atom. The second-order valence-electron chi connectivity index (χ2n) is 5.48. The Hall–Kier alpha value is -1.62. The summed E-state index contributed by atoms with van der Waals surface area (Å²) >= 11 is 11.8. The summed E-state index contributed by atoms with van der Waals surface area (Å²) in [5.41, 5.74) is 1.50. The van der Waals surface area contributed by atoms with Gasteiger partial charge in [-0.05, 0) is 37.3 Å². The highest BCUT2D eigenvalue weighted by atomic mass is 35.5. The third kappa shape index (κ3) is 4.93. The van der Waals surface area contributed by atoms with Gasteiger partial charge in [-0.2, -0.15) is 0 Å². The quantitative estimate of drug-likeness (QED) is 0.848. The molecule has 0 aliphatic heterocycles. The van der Waals surface area contributed by atoms with E-state index < -0.39 is 5.82 Å². The molecule has 0 heterocycles. The normalized spacial score (nSPS) is 13.4. The summed E-state index contributed by atoms with van der Waals surface area (Å²) < 4.78 is 13.0. The predicted octanol–water partition coefficient (Wildman–Crippen LogP) is 3.17. The lowest BCUT2D eigenvalue weighted by atomic mass is 10.2. The van der Waals surface area contributed by atoms with Gasteiger partial charge in [0, 0.05) is 10.6 Å². The first-order chi connectivity index (χ1) is 10.9. The molecule has 0 aromatic heterocycles. The lowest BCUT2D eigenvalue weighted by molar-refractivity contribution is -0.907. The average molecular weight is 356 g/mol. The Balaban J connectivity index is 1.99.